The molecule has 2 amide bonds. The smallest absolute Gasteiger partial charge is 0.331 e. The summed E-state index contributed by atoms with van der Waals surface area (Å²) in [5.41, 5.74) is 2.93. The maximum absolute atomic E-state index is 12.9. The lowest BCUT2D eigenvalue weighted by atomic mass is 10.1. The summed E-state index contributed by atoms with van der Waals surface area (Å²) in [6, 6.07) is 20.8. The number of anilines is 2. The van der Waals surface area contributed by atoms with E-state index in [0.717, 1.165) is 5.69 Å². The number of halogens is 1. The Labute approximate surface area is 234 Å². The van der Waals surface area contributed by atoms with Crippen LogP contribution in [-0.4, -0.2) is 41.0 Å². The molecule has 3 aromatic carbocycles. The highest BCUT2D eigenvalue weighted by molar-refractivity contribution is 6.31. The molecular weight excluding hydrogens is 536 g/mol. The van der Waals surface area contributed by atoms with Crippen molar-refractivity contribution in [2.24, 2.45) is 0 Å². The highest BCUT2D eigenvalue weighted by Gasteiger charge is 2.18. The highest BCUT2D eigenvalue weighted by atomic mass is 35.5. The van der Waals surface area contributed by atoms with Gasteiger partial charge in [0.1, 0.15) is 5.15 Å². The van der Waals surface area contributed by atoms with Crippen molar-refractivity contribution in [3.63, 3.8) is 0 Å². The number of amides is 2. The summed E-state index contributed by atoms with van der Waals surface area (Å²) >= 11 is 6.47. The second-order valence-corrected chi connectivity index (χ2v) is 8.95. The van der Waals surface area contributed by atoms with Crippen LogP contribution in [0.1, 0.15) is 21.6 Å². The topological polar surface area (TPSA) is 121 Å². The van der Waals surface area contributed by atoms with Gasteiger partial charge in [0.15, 0.2) is 18.1 Å². The molecule has 40 heavy (non-hydrogen) atoms. The molecule has 10 nitrogen and oxygen atoms in total. The van der Waals surface area contributed by atoms with E-state index in [1.54, 1.807) is 54.1 Å². The van der Waals surface area contributed by atoms with Gasteiger partial charge in [0, 0.05) is 23.4 Å². The molecule has 0 saturated carbocycles. The van der Waals surface area contributed by atoms with Crippen LogP contribution in [0.25, 0.3) is 11.8 Å². The number of aromatic nitrogens is 2. The number of para-hydroxylation sites is 2. The van der Waals surface area contributed by atoms with E-state index in [2.05, 4.69) is 15.7 Å². The summed E-state index contributed by atoms with van der Waals surface area (Å²) in [5.74, 6) is -0.686. The van der Waals surface area contributed by atoms with Crippen LogP contribution >= 0.6 is 11.6 Å². The van der Waals surface area contributed by atoms with Gasteiger partial charge < -0.3 is 24.8 Å². The first kappa shape index (κ1) is 26.5. The zero-order chi connectivity index (χ0) is 28.1. The molecule has 0 saturated heterocycles. The van der Waals surface area contributed by atoms with Crippen LogP contribution in [0.3, 0.4) is 0 Å². The van der Waals surface area contributed by atoms with Gasteiger partial charge in [-0.3, -0.25) is 9.59 Å². The first-order chi connectivity index (χ1) is 19.4. The second kappa shape index (κ2) is 11.7. The molecule has 0 bridgehead atoms. The lowest BCUT2D eigenvalue weighted by molar-refractivity contribution is -0.142. The lowest BCUT2D eigenvalue weighted by Gasteiger charge is -2.12. The van der Waals surface area contributed by atoms with Crippen LogP contribution < -0.4 is 20.1 Å². The monoisotopic (exact) mass is 558 g/mol. The summed E-state index contributed by atoms with van der Waals surface area (Å²) in [6.45, 7) is 1.33. The zero-order valence-corrected chi connectivity index (χ0v) is 22.0. The molecule has 4 aromatic rings. The first-order valence-electron chi connectivity index (χ1n) is 12.1. The normalized spacial score (nSPS) is 11.8. The Bertz CT molecular complexity index is 1620. The maximum atomic E-state index is 12.9. The van der Waals surface area contributed by atoms with E-state index in [4.69, 9.17) is 25.8 Å². The van der Waals surface area contributed by atoms with Gasteiger partial charge in [-0.2, -0.15) is 5.10 Å². The molecule has 0 atom stereocenters. The minimum atomic E-state index is -0.744. The van der Waals surface area contributed by atoms with Crippen molar-refractivity contribution < 1.29 is 28.6 Å². The number of hydrogen-bond donors (Lipinski definition) is 2. The summed E-state index contributed by atoms with van der Waals surface area (Å²) < 4.78 is 17.3. The molecule has 0 fully saturated rings. The van der Waals surface area contributed by atoms with Crippen LogP contribution in [-0.2, 0) is 14.3 Å². The number of rotatable bonds is 8. The van der Waals surface area contributed by atoms with E-state index < -0.39 is 24.4 Å². The van der Waals surface area contributed by atoms with Crippen molar-refractivity contribution in [2.45, 2.75) is 6.92 Å². The van der Waals surface area contributed by atoms with Crippen LogP contribution in [0.5, 0.6) is 11.5 Å². The fraction of sp³-hybridized carbons (Fsp3) is 0.103. The fourth-order valence-corrected chi connectivity index (χ4v) is 4.26. The zero-order valence-electron chi connectivity index (χ0n) is 21.2. The predicted molar refractivity (Wildman–Crippen MR) is 149 cm³/mol. The number of fused-ring (bicyclic) bond motifs is 1. The number of nitrogens with zero attached hydrogens (tertiary/aromatic N) is 2. The minimum Gasteiger partial charge on any atom is -0.454 e. The quantitative estimate of drug-likeness (QED) is 0.230. The molecule has 5 rings (SSSR count). The molecule has 0 radical (unpaired) electrons. The molecule has 0 spiro atoms. The number of hydrogen-bond acceptors (Lipinski definition) is 7. The van der Waals surface area contributed by atoms with Crippen LogP contribution in [0.15, 0.2) is 78.9 Å². The fourth-order valence-electron chi connectivity index (χ4n) is 3.93. The third-order valence-electron chi connectivity index (χ3n) is 5.86. The molecule has 0 aliphatic carbocycles. The Morgan fingerprint density at radius 1 is 1.00 bits per heavy atom. The van der Waals surface area contributed by atoms with Crippen LogP contribution in [0.2, 0.25) is 5.15 Å². The number of benzene rings is 3. The van der Waals surface area contributed by atoms with Crippen molar-refractivity contribution in [3.8, 4) is 17.2 Å². The Hall–Kier alpha value is -5.09. The standard InChI is InChI=1S/C29H23ClN4O6/c1-18-21(28(30)34(33-18)20-7-3-2-4-8-20)12-14-27(36)38-16-26(35)32-23-10-6-5-9-22(23)29(37)31-19-11-13-24-25(15-19)40-17-39-24/h2-15H,16-17H2,1H3,(H,31,37)(H,32,35). The molecule has 0 unspecified atom stereocenters. The third-order valence-corrected chi connectivity index (χ3v) is 6.22. The van der Waals surface area contributed by atoms with Gasteiger partial charge in [0.05, 0.1) is 22.6 Å². The maximum Gasteiger partial charge on any atom is 0.331 e. The number of carbonyl (C=O) groups is 3. The summed E-state index contributed by atoms with van der Waals surface area (Å²) in [5, 5.41) is 10.1. The Kier molecular flexibility index (Phi) is 7.79. The predicted octanol–water partition coefficient (Wildman–Crippen LogP) is 5.01. The van der Waals surface area contributed by atoms with Crippen LogP contribution in [0, 0.1) is 6.92 Å². The van der Waals surface area contributed by atoms with E-state index >= 15 is 0 Å². The van der Waals surface area contributed by atoms with Gasteiger partial charge in [0.25, 0.3) is 11.8 Å². The molecule has 1 aliphatic heterocycles. The van der Waals surface area contributed by atoms with E-state index in [1.165, 1.54) is 12.2 Å². The molecular formula is C29H23ClN4O6. The van der Waals surface area contributed by atoms with Gasteiger partial charge >= 0.3 is 5.97 Å². The number of aryl methyl sites for hydroxylation is 1. The summed E-state index contributed by atoms with van der Waals surface area (Å²) in [7, 11) is 0. The second-order valence-electron chi connectivity index (χ2n) is 8.59. The van der Waals surface area contributed by atoms with E-state index in [0.29, 0.717) is 33.6 Å². The van der Waals surface area contributed by atoms with Crippen molar-refractivity contribution in [1.29, 1.82) is 0 Å². The van der Waals surface area contributed by atoms with Crippen LogP contribution in [0.4, 0.5) is 11.4 Å². The van der Waals surface area contributed by atoms with Gasteiger partial charge in [-0.1, -0.05) is 41.9 Å². The SMILES string of the molecule is Cc1nn(-c2ccccc2)c(Cl)c1C=CC(=O)OCC(=O)Nc1ccccc1C(=O)Nc1ccc2c(c1)OCO2. The average molecular weight is 559 g/mol. The number of nitrogens with one attached hydrogen (secondary N) is 2. The number of carbonyl (C=O) groups excluding carboxylic acids is 3. The van der Waals surface area contributed by atoms with Crippen molar-refractivity contribution in [2.75, 3.05) is 24.0 Å². The Morgan fingerprint density at radius 2 is 1.75 bits per heavy atom. The molecule has 202 valence electrons. The van der Waals surface area contributed by atoms with E-state index in [-0.39, 0.29) is 18.0 Å². The Morgan fingerprint density at radius 3 is 2.58 bits per heavy atom. The third kappa shape index (κ3) is 5.97. The van der Waals surface area contributed by atoms with Crippen molar-refractivity contribution in [3.05, 3.63) is 101 Å². The molecule has 1 aliphatic rings. The van der Waals surface area contributed by atoms with Gasteiger partial charge in [-0.05, 0) is 49.4 Å². The minimum absolute atomic E-state index is 0.119. The Balaban J connectivity index is 1.18. The first-order valence-corrected chi connectivity index (χ1v) is 12.5. The van der Waals surface area contributed by atoms with Gasteiger partial charge in [-0.15, -0.1) is 0 Å². The number of esters is 1. The molecule has 2 heterocycles. The summed E-state index contributed by atoms with van der Waals surface area (Å²) in [4.78, 5) is 37.7. The number of ether oxygens (including phenoxy) is 3. The molecule has 11 heteroatoms. The lowest BCUT2D eigenvalue weighted by Crippen LogP contribution is -2.22. The van der Waals surface area contributed by atoms with Gasteiger partial charge in [-0.25, -0.2) is 9.48 Å². The largest absolute Gasteiger partial charge is 0.454 e. The van der Waals surface area contributed by atoms with Crippen molar-refractivity contribution in [1.82, 2.24) is 9.78 Å². The van der Waals surface area contributed by atoms with E-state index in [9.17, 15) is 14.4 Å². The summed E-state index contributed by atoms with van der Waals surface area (Å²) in [6.07, 6.45) is 2.66. The molecule has 1 aromatic heterocycles. The van der Waals surface area contributed by atoms with Crippen molar-refractivity contribution >= 4 is 46.8 Å². The average Bonchev–Trinajstić information content (AvgIpc) is 3.54. The molecule has 2 N–H and O–H groups in total. The highest BCUT2D eigenvalue weighted by Crippen LogP contribution is 2.34. The van der Waals surface area contributed by atoms with E-state index in [1.807, 2.05) is 30.3 Å². The van der Waals surface area contributed by atoms with Gasteiger partial charge in [0.2, 0.25) is 6.79 Å².